The van der Waals surface area contributed by atoms with Gasteiger partial charge >= 0.3 is 0 Å². The summed E-state index contributed by atoms with van der Waals surface area (Å²) in [5.41, 5.74) is 3.39. The van der Waals surface area contributed by atoms with Crippen LogP contribution in [0, 0.1) is 0 Å². The van der Waals surface area contributed by atoms with Gasteiger partial charge in [-0.25, -0.2) is 12.8 Å². The number of hydrogen-bond acceptors (Lipinski definition) is 8. The van der Waals surface area contributed by atoms with Crippen molar-refractivity contribution in [2.24, 2.45) is 0 Å². The summed E-state index contributed by atoms with van der Waals surface area (Å²) >= 11 is 0. The fourth-order valence-corrected chi connectivity index (χ4v) is 5.68. The predicted molar refractivity (Wildman–Crippen MR) is 161 cm³/mol. The Morgan fingerprint density at radius 1 is 1.05 bits per heavy atom. The number of ether oxygens (including phenoxy) is 2. The number of fused-ring (bicyclic) bond motifs is 1. The van der Waals surface area contributed by atoms with E-state index >= 15 is 0 Å². The molecule has 0 spiro atoms. The van der Waals surface area contributed by atoms with Gasteiger partial charge in [-0.15, -0.1) is 0 Å². The molecule has 0 aliphatic heterocycles. The molecule has 2 aromatic heterocycles. The molecule has 0 atom stereocenters. The van der Waals surface area contributed by atoms with Crippen molar-refractivity contribution >= 4 is 32.7 Å². The second-order valence-electron chi connectivity index (χ2n) is 9.85. The van der Waals surface area contributed by atoms with Crippen LogP contribution in [0.15, 0.2) is 94.9 Å². The number of sulfonamides is 1. The molecule has 5 rings (SSSR count). The monoisotopic (exact) mass is 619 g/mol. The van der Waals surface area contributed by atoms with Gasteiger partial charge in [0.15, 0.2) is 17.2 Å². The van der Waals surface area contributed by atoms with Gasteiger partial charge in [0.05, 0.1) is 19.9 Å². The van der Waals surface area contributed by atoms with E-state index in [0.29, 0.717) is 35.2 Å². The van der Waals surface area contributed by atoms with Crippen molar-refractivity contribution in [1.29, 1.82) is 0 Å². The number of anilines is 1. The highest BCUT2D eigenvalue weighted by Crippen LogP contribution is 2.36. The molecule has 0 aliphatic carbocycles. The zero-order chi connectivity index (χ0) is 31.3. The van der Waals surface area contributed by atoms with Crippen LogP contribution in [-0.2, 0) is 40.9 Å². The van der Waals surface area contributed by atoms with E-state index in [9.17, 15) is 17.6 Å². The van der Waals surface area contributed by atoms with Crippen LogP contribution in [0.25, 0.3) is 11.0 Å². The minimum atomic E-state index is -4.17. The fraction of sp³-hybridized carbons (Fsp3) is 0.194. The van der Waals surface area contributed by atoms with Crippen molar-refractivity contribution in [3.8, 4) is 11.5 Å². The second-order valence-corrected chi connectivity index (χ2v) is 11.5. The SMILES string of the molecule is C=C(F)C(=O)NCc1cnn(Cc2cc(OC)c3c(NS(=O)(=O)c4cc(CC)ccc4OCc4ccccc4)noc3c2)c1. The average Bonchev–Trinajstić information content (AvgIpc) is 3.65. The van der Waals surface area contributed by atoms with Gasteiger partial charge in [0.25, 0.3) is 15.9 Å². The number of aryl methyl sites for hydroxylation is 1. The molecular weight excluding hydrogens is 589 g/mol. The Hall–Kier alpha value is -5.17. The highest BCUT2D eigenvalue weighted by Gasteiger charge is 2.25. The quantitative estimate of drug-likeness (QED) is 0.173. The number of rotatable bonds is 13. The number of aromatic nitrogens is 3. The Morgan fingerprint density at radius 3 is 2.57 bits per heavy atom. The zero-order valence-electron chi connectivity index (χ0n) is 24.0. The number of hydrogen-bond donors (Lipinski definition) is 2. The van der Waals surface area contributed by atoms with Crippen molar-refractivity contribution in [3.63, 3.8) is 0 Å². The molecule has 228 valence electrons. The van der Waals surface area contributed by atoms with Gasteiger partial charge in [-0.3, -0.25) is 14.2 Å². The number of carbonyl (C=O) groups excluding carboxylic acids is 1. The normalized spacial score (nSPS) is 11.3. The maximum Gasteiger partial charge on any atom is 0.279 e. The highest BCUT2D eigenvalue weighted by molar-refractivity contribution is 7.92. The lowest BCUT2D eigenvalue weighted by atomic mass is 10.1. The van der Waals surface area contributed by atoms with E-state index in [-0.39, 0.29) is 29.6 Å². The lowest BCUT2D eigenvalue weighted by Crippen LogP contribution is -2.22. The Morgan fingerprint density at radius 2 is 1.84 bits per heavy atom. The van der Waals surface area contributed by atoms with E-state index < -0.39 is 21.8 Å². The molecule has 2 heterocycles. The third-order valence-corrected chi connectivity index (χ3v) is 8.08. The van der Waals surface area contributed by atoms with Crippen LogP contribution in [0.4, 0.5) is 10.2 Å². The number of nitrogens with one attached hydrogen (secondary N) is 2. The van der Waals surface area contributed by atoms with E-state index in [0.717, 1.165) is 16.7 Å². The van der Waals surface area contributed by atoms with E-state index in [2.05, 4.69) is 26.9 Å². The van der Waals surface area contributed by atoms with Crippen molar-refractivity contribution in [3.05, 3.63) is 108 Å². The molecule has 2 N–H and O–H groups in total. The molecule has 0 fully saturated rings. The van der Waals surface area contributed by atoms with Gasteiger partial charge < -0.3 is 19.3 Å². The number of nitrogens with zero attached hydrogens (tertiary/aromatic N) is 3. The van der Waals surface area contributed by atoms with Gasteiger partial charge in [0.1, 0.15) is 28.4 Å². The number of benzene rings is 3. The standard InChI is InChI=1S/C31H30FN5O6S/c1-4-21-10-11-25(42-19-22-8-6-5-7-9-22)28(14-21)44(39,40)36-30-29-26(41-3)12-23(13-27(29)43-35-30)17-37-18-24(16-34-37)15-33-31(38)20(2)32/h5-14,16,18H,2,4,15,17,19H2,1,3H3,(H,33,38)(H,35,36). The van der Waals surface area contributed by atoms with E-state index in [1.165, 1.54) is 7.11 Å². The number of amides is 1. The second kappa shape index (κ2) is 13.0. The Bertz CT molecular complexity index is 1920. The summed E-state index contributed by atoms with van der Waals surface area (Å²) in [4.78, 5) is 11.4. The van der Waals surface area contributed by atoms with E-state index in [1.807, 2.05) is 43.3 Å². The van der Waals surface area contributed by atoms with Crippen LogP contribution >= 0.6 is 0 Å². The molecule has 0 unspecified atom stereocenters. The van der Waals surface area contributed by atoms with E-state index in [4.69, 9.17) is 14.0 Å². The Labute approximate surface area is 253 Å². The summed E-state index contributed by atoms with van der Waals surface area (Å²) in [5.74, 6) is -1.46. The molecular formula is C31H30FN5O6S. The predicted octanol–water partition coefficient (Wildman–Crippen LogP) is 5.12. The topological polar surface area (TPSA) is 138 Å². The minimum absolute atomic E-state index is 0.0268. The lowest BCUT2D eigenvalue weighted by molar-refractivity contribution is -0.119. The molecule has 11 nitrogen and oxygen atoms in total. The summed E-state index contributed by atoms with van der Waals surface area (Å²) in [6, 6.07) is 17.9. The third kappa shape index (κ3) is 6.89. The van der Waals surface area contributed by atoms with Gasteiger partial charge in [0, 0.05) is 18.3 Å². The molecule has 3 aromatic carbocycles. The fourth-order valence-electron chi connectivity index (χ4n) is 4.48. The molecule has 0 aliphatic rings. The Kier molecular flexibility index (Phi) is 8.95. The molecule has 13 heteroatoms. The molecule has 0 saturated heterocycles. The molecule has 5 aromatic rings. The molecule has 0 radical (unpaired) electrons. The summed E-state index contributed by atoms with van der Waals surface area (Å²) in [6.45, 7) is 5.47. The van der Waals surface area contributed by atoms with Crippen LogP contribution < -0.4 is 19.5 Å². The van der Waals surface area contributed by atoms with Gasteiger partial charge in [-0.2, -0.15) is 5.10 Å². The number of halogens is 1. The number of carbonyl (C=O) groups is 1. The smallest absolute Gasteiger partial charge is 0.279 e. The maximum absolute atomic E-state index is 13.7. The first kappa shape index (κ1) is 30.3. The highest BCUT2D eigenvalue weighted by atomic mass is 32.2. The summed E-state index contributed by atoms with van der Waals surface area (Å²) in [6.07, 6.45) is 3.87. The van der Waals surface area contributed by atoms with Crippen LogP contribution in [-0.4, -0.2) is 36.4 Å². The Balaban J connectivity index is 1.38. The van der Waals surface area contributed by atoms with Crippen molar-refractivity contribution < 1.29 is 31.6 Å². The van der Waals surface area contributed by atoms with Crippen LogP contribution in [0.5, 0.6) is 11.5 Å². The lowest BCUT2D eigenvalue weighted by Gasteiger charge is -2.14. The molecule has 44 heavy (non-hydrogen) atoms. The molecule has 0 bridgehead atoms. The maximum atomic E-state index is 13.7. The molecule has 0 saturated carbocycles. The van der Waals surface area contributed by atoms with Gasteiger partial charge in [-0.05, 0) is 47.4 Å². The van der Waals surface area contributed by atoms with Crippen LogP contribution in [0.2, 0.25) is 0 Å². The van der Waals surface area contributed by atoms with Crippen molar-refractivity contribution in [1.82, 2.24) is 20.3 Å². The van der Waals surface area contributed by atoms with E-state index in [1.54, 1.807) is 41.3 Å². The first-order chi connectivity index (χ1) is 21.2. The zero-order valence-corrected chi connectivity index (χ0v) is 24.9. The van der Waals surface area contributed by atoms with Crippen LogP contribution in [0.1, 0.15) is 29.2 Å². The first-order valence-corrected chi connectivity index (χ1v) is 15.1. The molecule has 1 amide bonds. The number of methoxy groups -OCH3 is 1. The average molecular weight is 620 g/mol. The van der Waals surface area contributed by atoms with Crippen molar-refractivity contribution in [2.75, 3.05) is 11.8 Å². The third-order valence-electron chi connectivity index (χ3n) is 6.72. The van der Waals surface area contributed by atoms with Crippen molar-refractivity contribution in [2.45, 2.75) is 37.9 Å². The summed E-state index contributed by atoms with van der Waals surface area (Å²) in [7, 11) is -2.71. The van der Waals surface area contributed by atoms with Gasteiger partial charge in [-0.1, -0.05) is 55.1 Å². The van der Waals surface area contributed by atoms with Crippen LogP contribution in [0.3, 0.4) is 0 Å². The largest absolute Gasteiger partial charge is 0.496 e. The first-order valence-electron chi connectivity index (χ1n) is 13.6. The summed E-state index contributed by atoms with van der Waals surface area (Å²) < 4.78 is 61.5. The minimum Gasteiger partial charge on any atom is -0.496 e. The van der Waals surface area contributed by atoms with Gasteiger partial charge in [0.2, 0.25) is 0 Å². The summed E-state index contributed by atoms with van der Waals surface area (Å²) in [5, 5.41) is 11.0.